The molecule has 47 heavy (non-hydrogen) atoms. The summed E-state index contributed by atoms with van der Waals surface area (Å²) in [4.78, 5) is 19.4. The summed E-state index contributed by atoms with van der Waals surface area (Å²) in [6.07, 6.45) is 7.49. The topological polar surface area (TPSA) is 112 Å². The van der Waals surface area contributed by atoms with E-state index in [-0.39, 0.29) is 0 Å². The van der Waals surface area contributed by atoms with E-state index in [9.17, 15) is 0 Å². The molecule has 0 bridgehead atoms. The molecule has 7 nitrogen and oxygen atoms in total. The number of aromatic nitrogens is 3. The summed E-state index contributed by atoms with van der Waals surface area (Å²) in [5.41, 5.74) is 22.8. The van der Waals surface area contributed by atoms with Crippen LogP contribution in [0.3, 0.4) is 0 Å². The number of nitrogens with two attached hydrogens (primary N) is 2. The predicted octanol–water partition coefficient (Wildman–Crippen LogP) is 8.67. The van der Waals surface area contributed by atoms with Gasteiger partial charge in [0.1, 0.15) is 22.8 Å². The summed E-state index contributed by atoms with van der Waals surface area (Å²) in [7, 11) is 0. The molecule has 1 atom stereocenters. The average Bonchev–Trinajstić information content (AvgIpc) is 3.03. The molecular weight excluding hydrogens is 580 g/mol. The second-order valence-corrected chi connectivity index (χ2v) is 13.7. The number of pyridine rings is 3. The lowest BCUT2D eigenvalue weighted by atomic mass is 9.70. The molecule has 1 unspecified atom stereocenters. The van der Waals surface area contributed by atoms with E-state index in [0.29, 0.717) is 23.1 Å². The maximum atomic E-state index is 6.53. The molecule has 0 amide bonds. The number of aryl methyl sites for hydroxylation is 4. The Kier molecular flexibility index (Phi) is 7.79. The molecule has 6 aromatic rings. The van der Waals surface area contributed by atoms with Crippen molar-refractivity contribution >= 4 is 56.2 Å². The molecular formula is C40H42N6O. The van der Waals surface area contributed by atoms with E-state index >= 15 is 0 Å². The highest BCUT2D eigenvalue weighted by atomic mass is 16.5. The Morgan fingerprint density at radius 3 is 2.30 bits per heavy atom. The molecule has 1 aliphatic heterocycles. The van der Waals surface area contributed by atoms with Crippen LogP contribution >= 0.6 is 0 Å². The molecule has 0 saturated heterocycles. The van der Waals surface area contributed by atoms with E-state index in [1.54, 1.807) is 0 Å². The minimum atomic E-state index is -0.451. The average molecular weight is 623 g/mol. The molecule has 0 fully saturated rings. The van der Waals surface area contributed by atoms with E-state index in [0.717, 1.165) is 93.2 Å². The number of rotatable bonds is 8. The number of hydrogen-bond donors (Lipinski definition) is 2. The maximum absolute atomic E-state index is 6.53. The van der Waals surface area contributed by atoms with Gasteiger partial charge in [-0.15, -0.1) is 0 Å². The van der Waals surface area contributed by atoms with E-state index in [2.05, 4.69) is 106 Å². The normalized spacial score (nSPS) is 16.0. The molecule has 7 rings (SSSR count). The van der Waals surface area contributed by atoms with Crippen LogP contribution in [-0.4, -0.2) is 27.8 Å². The molecule has 3 aromatic heterocycles. The van der Waals surface area contributed by atoms with Gasteiger partial charge in [-0.1, -0.05) is 44.2 Å². The van der Waals surface area contributed by atoms with Crippen molar-refractivity contribution in [1.29, 1.82) is 0 Å². The number of hydrogen-bond acceptors (Lipinski definition) is 7. The fourth-order valence-electron chi connectivity index (χ4n) is 6.90. The van der Waals surface area contributed by atoms with Crippen LogP contribution < -0.4 is 16.2 Å². The molecule has 7 heteroatoms. The lowest BCUT2D eigenvalue weighted by Gasteiger charge is -2.35. The Morgan fingerprint density at radius 2 is 1.55 bits per heavy atom. The van der Waals surface area contributed by atoms with Crippen LogP contribution in [-0.2, 0) is 18.3 Å². The number of nitrogen functional groups attached to an aromatic ring is 2. The third-order valence-corrected chi connectivity index (χ3v) is 9.69. The Bertz CT molecular complexity index is 2200. The van der Waals surface area contributed by atoms with E-state index in [1.807, 2.05) is 6.20 Å². The first-order chi connectivity index (χ1) is 22.6. The van der Waals surface area contributed by atoms with Crippen molar-refractivity contribution in [3.05, 3.63) is 100 Å². The molecule has 3 aromatic carbocycles. The first-order valence-corrected chi connectivity index (χ1v) is 16.5. The summed E-state index contributed by atoms with van der Waals surface area (Å²) in [5, 5.41) is 3.12. The number of aliphatic imine (C=N–C) groups is 1. The van der Waals surface area contributed by atoms with Crippen LogP contribution in [0, 0.1) is 26.7 Å². The van der Waals surface area contributed by atoms with Gasteiger partial charge in [-0.25, -0.2) is 9.97 Å². The fourth-order valence-corrected chi connectivity index (χ4v) is 6.90. The lowest BCUT2D eigenvalue weighted by Crippen LogP contribution is -2.34. The maximum Gasteiger partial charge on any atom is 0.150 e. The minimum Gasteiger partial charge on any atom is -0.494 e. The Balaban J connectivity index is 1.34. The highest BCUT2D eigenvalue weighted by molar-refractivity contribution is 6.08. The van der Waals surface area contributed by atoms with Gasteiger partial charge in [0.25, 0.3) is 0 Å². The zero-order chi connectivity index (χ0) is 32.9. The molecule has 238 valence electrons. The van der Waals surface area contributed by atoms with E-state index in [4.69, 9.17) is 31.2 Å². The van der Waals surface area contributed by atoms with Crippen molar-refractivity contribution in [2.45, 2.75) is 65.7 Å². The van der Waals surface area contributed by atoms with Crippen LogP contribution in [0.5, 0.6) is 5.75 Å². The molecule has 0 spiro atoms. The van der Waals surface area contributed by atoms with Crippen molar-refractivity contribution in [2.24, 2.45) is 10.9 Å². The summed E-state index contributed by atoms with van der Waals surface area (Å²) < 4.78 is 6.07. The third-order valence-electron chi connectivity index (χ3n) is 9.69. The number of benzene rings is 3. The molecule has 4 N–H and O–H groups in total. The monoisotopic (exact) mass is 622 g/mol. The molecule has 0 radical (unpaired) electrons. The van der Waals surface area contributed by atoms with Crippen LogP contribution in [0.4, 0.5) is 17.3 Å². The van der Waals surface area contributed by atoms with Gasteiger partial charge in [0.05, 0.1) is 17.6 Å². The zero-order valence-electron chi connectivity index (χ0n) is 27.9. The summed E-state index contributed by atoms with van der Waals surface area (Å²) in [5.74, 6) is 2.43. The van der Waals surface area contributed by atoms with Gasteiger partial charge >= 0.3 is 0 Å². The Hall–Kier alpha value is -5.04. The highest BCUT2D eigenvalue weighted by Crippen LogP contribution is 2.44. The first-order valence-electron chi connectivity index (χ1n) is 16.5. The van der Waals surface area contributed by atoms with Gasteiger partial charge in [0, 0.05) is 34.0 Å². The quantitative estimate of drug-likeness (QED) is 0.164. The van der Waals surface area contributed by atoms with Gasteiger partial charge in [-0.05, 0) is 116 Å². The fraction of sp³-hybridized carbons (Fsp3) is 0.300. The number of nitrogens with zero attached hydrogens (tertiary/aromatic N) is 4. The molecule has 0 aliphatic carbocycles. The smallest absolute Gasteiger partial charge is 0.150 e. The number of fused-ring (bicyclic) bond motifs is 6. The molecule has 4 heterocycles. The van der Waals surface area contributed by atoms with Gasteiger partial charge in [0.2, 0.25) is 0 Å². The number of ether oxygens (including phenoxy) is 1. The predicted molar refractivity (Wildman–Crippen MR) is 195 cm³/mol. The largest absolute Gasteiger partial charge is 0.494 e. The van der Waals surface area contributed by atoms with Crippen molar-refractivity contribution < 1.29 is 4.74 Å². The molecule has 1 aliphatic rings. The summed E-state index contributed by atoms with van der Waals surface area (Å²) in [6.45, 7) is 11.5. The first kappa shape index (κ1) is 30.6. The Morgan fingerprint density at radius 1 is 0.830 bits per heavy atom. The van der Waals surface area contributed by atoms with Gasteiger partial charge in [-0.2, -0.15) is 0 Å². The SMILES string of the molecule is Cc1ccc2c3c(c(N)nc2c1)N=CC(CCc1ccc(OCCC(C)C)cc1C)(c1cnc2c(N)nc4cc(C)ccc4c2c1)C3. The van der Waals surface area contributed by atoms with Crippen molar-refractivity contribution in [1.82, 2.24) is 15.0 Å². The van der Waals surface area contributed by atoms with Crippen molar-refractivity contribution in [2.75, 3.05) is 18.1 Å². The van der Waals surface area contributed by atoms with Gasteiger partial charge in [0.15, 0.2) is 5.82 Å². The highest BCUT2D eigenvalue weighted by Gasteiger charge is 2.36. The summed E-state index contributed by atoms with van der Waals surface area (Å²) >= 11 is 0. The van der Waals surface area contributed by atoms with E-state index in [1.165, 1.54) is 11.1 Å². The van der Waals surface area contributed by atoms with Crippen molar-refractivity contribution in [3.8, 4) is 5.75 Å². The third kappa shape index (κ3) is 5.75. The van der Waals surface area contributed by atoms with Crippen LogP contribution in [0.25, 0.3) is 32.7 Å². The van der Waals surface area contributed by atoms with E-state index < -0.39 is 5.41 Å². The minimum absolute atomic E-state index is 0.438. The van der Waals surface area contributed by atoms with Crippen LogP contribution in [0.1, 0.15) is 60.1 Å². The van der Waals surface area contributed by atoms with Crippen molar-refractivity contribution in [3.63, 3.8) is 0 Å². The lowest BCUT2D eigenvalue weighted by molar-refractivity contribution is 0.289. The second-order valence-electron chi connectivity index (χ2n) is 13.7. The Labute approximate surface area is 276 Å². The zero-order valence-corrected chi connectivity index (χ0v) is 27.9. The van der Waals surface area contributed by atoms with Crippen LogP contribution in [0.15, 0.2) is 71.9 Å². The standard InChI is InChI=1S/C40H42N6O/c1-23(2)13-15-47-29-9-8-27(26(5)18-29)12-14-40(20-33-31-11-7-25(4)17-35(31)46-39(42)37(33)44-22-40)28-19-32-30-10-6-24(3)16-34(30)45-38(41)36(32)43-21-28/h6-11,16-19,21-23H,12-15,20H2,1-5H3,(H2,41,45)(H2,42,46). The van der Waals surface area contributed by atoms with Gasteiger partial charge < -0.3 is 16.2 Å². The second kappa shape index (κ2) is 12.0. The van der Waals surface area contributed by atoms with Crippen LogP contribution in [0.2, 0.25) is 0 Å². The molecule has 0 saturated carbocycles. The number of anilines is 2. The van der Waals surface area contributed by atoms with Gasteiger partial charge in [-0.3, -0.25) is 9.98 Å². The summed E-state index contributed by atoms with van der Waals surface area (Å²) in [6, 6.07) is 21.4.